The van der Waals surface area contributed by atoms with Crippen molar-refractivity contribution in [2.24, 2.45) is 0 Å². The Kier molecular flexibility index (Phi) is 6.36. The van der Waals surface area contributed by atoms with Crippen molar-refractivity contribution in [3.05, 3.63) is 34.9 Å². The van der Waals surface area contributed by atoms with Gasteiger partial charge in [-0.1, -0.05) is 23.7 Å². The summed E-state index contributed by atoms with van der Waals surface area (Å²) in [7, 11) is 0. The maximum atomic E-state index is 11.9. The highest BCUT2D eigenvalue weighted by atomic mass is 35.5. The van der Waals surface area contributed by atoms with Crippen molar-refractivity contribution in [1.82, 2.24) is 5.32 Å². The molecule has 4 nitrogen and oxygen atoms in total. The molecule has 0 saturated heterocycles. The molecule has 0 heterocycles. The highest BCUT2D eigenvalue weighted by Crippen LogP contribution is 2.19. The van der Waals surface area contributed by atoms with Gasteiger partial charge in [-0.3, -0.25) is 9.59 Å². The molecule has 0 aliphatic heterocycles. The molecule has 0 bridgehead atoms. The lowest BCUT2D eigenvalue weighted by Crippen LogP contribution is -2.28. The van der Waals surface area contributed by atoms with E-state index in [1.807, 2.05) is 19.1 Å². The van der Waals surface area contributed by atoms with Crippen molar-refractivity contribution < 1.29 is 14.7 Å². The van der Waals surface area contributed by atoms with E-state index in [4.69, 9.17) is 16.7 Å². The SMILES string of the molecule is CC(C(=O)NCCCCC(=O)O)c1cccc(Cl)c1. The second-order valence-corrected chi connectivity index (χ2v) is 4.86. The number of rotatable bonds is 7. The lowest BCUT2D eigenvalue weighted by atomic mass is 10.0. The van der Waals surface area contributed by atoms with Gasteiger partial charge in [-0.15, -0.1) is 0 Å². The van der Waals surface area contributed by atoms with Crippen molar-refractivity contribution in [2.45, 2.75) is 32.1 Å². The Morgan fingerprint density at radius 1 is 1.37 bits per heavy atom. The van der Waals surface area contributed by atoms with Crippen molar-refractivity contribution >= 4 is 23.5 Å². The molecule has 0 aromatic heterocycles. The summed E-state index contributed by atoms with van der Waals surface area (Å²) in [6, 6.07) is 7.21. The number of hydrogen-bond donors (Lipinski definition) is 2. The molecule has 0 aliphatic carbocycles. The third-order valence-electron chi connectivity index (χ3n) is 2.86. The summed E-state index contributed by atoms with van der Waals surface area (Å²) in [5, 5.41) is 11.9. The molecule has 1 aromatic carbocycles. The molecule has 19 heavy (non-hydrogen) atoms. The zero-order valence-corrected chi connectivity index (χ0v) is 11.6. The molecule has 2 N–H and O–H groups in total. The minimum absolute atomic E-state index is 0.0717. The fraction of sp³-hybridized carbons (Fsp3) is 0.429. The number of amides is 1. The topological polar surface area (TPSA) is 66.4 Å². The molecule has 0 spiro atoms. The van der Waals surface area contributed by atoms with Gasteiger partial charge in [0.25, 0.3) is 0 Å². The molecule has 1 aromatic rings. The summed E-state index contributed by atoms with van der Waals surface area (Å²) < 4.78 is 0. The van der Waals surface area contributed by atoms with Gasteiger partial charge in [-0.25, -0.2) is 0 Å². The number of carboxylic acids is 1. The fourth-order valence-electron chi connectivity index (χ4n) is 1.69. The van der Waals surface area contributed by atoms with E-state index < -0.39 is 5.97 Å². The first-order valence-corrected chi connectivity index (χ1v) is 6.63. The van der Waals surface area contributed by atoms with Gasteiger partial charge in [0.1, 0.15) is 0 Å². The highest BCUT2D eigenvalue weighted by molar-refractivity contribution is 6.30. The fourth-order valence-corrected chi connectivity index (χ4v) is 1.89. The quantitative estimate of drug-likeness (QED) is 0.756. The molecule has 5 heteroatoms. The molecule has 0 radical (unpaired) electrons. The molecule has 0 saturated carbocycles. The summed E-state index contributed by atoms with van der Waals surface area (Å²) in [6.45, 7) is 2.31. The number of unbranched alkanes of at least 4 members (excludes halogenated alkanes) is 1. The van der Waals surface area contributed by atoms with Crippen LogP contribution in [0, 0.1) is 0 Å². The first kappa shape index (κ1) is 15.5. The van der Waals surface area contributed by atoms with Gasteiger partial charge in [-0.05, 0) is 37.5 Å². The third-order valence-corrected chi connectivity index (χ3v) is 3.09. The molecule has 1 rings (SSSR count). The summed E-state index contributed by atoms with van der Waals surface area (Å²) in [4.78, 5) is 22.2. The van der Waals surface area contributed by atoms with E-state index in [1.54, 1.807) is 12.1 Å². The molecule has 104 valence electrons. The molecule has 1 atom stereocenters. The second kappa shape index (κ2) is 7.79. The van der Waals surface area contributed by atoms with Crippen LogP contribution in [-0.4, -0.2) is 23.5 Å². The van der Waals surface area contributed by atoms with Crippen molar-refractivity contribution in [1.29, 1.82) is 0 Å². The standard InChI is InChI=1S/C14H18ClNO3/c1-10(11-5-4-6-12(15)9-11)14(19)16-8-3-2-7-13(17)18/h4-6,9-10H,2-3,7-8H2,1H3,(H,16,19)(H,17,18). The number of carbonyl (C=O) groups excluding carboxylic acids is 1. The monoisotopic (exact) mass is 283 g/mol. The molecule has 0 aliphatic rings. The summed E-state index contributed by atoms with van der Waals surface area (Å²) >= 11 is 5.88. The van der Waals surface area contributed by atoms with Crippen molar-refractivity contribution in [3.8, 4) is 0 Å². The zero-order valence-electron chi connectivity index (χ0n) is 10.9. The molecule has 1 unspecified atom stereocenters. The number of hydrogen-bond acceptors (Lipinski definition) is 2. The van der Waals surface area contributed by atoms with E-state index in [2.05, 4.69) is 5.32 Å². The molecular weight excluding hydrogens is 266 g/mol. The van der Waals surface area contributed by atoms with E-state index in [-0.39, 0.29) is 18.2 Å². The Labute approximate surface area is 117 Å². The van der Waals surface area contributed by atoms with Crippen LogP contribution in [-0.2, 0) is 9.59 Å². The first-order valence-electron chi connectivity index (χ1n) is 6.25. The van der Waals surface area contributed by atoms with E-state index in [0.717, 1.165) is 5.56 Å². The predicted molar refractivity (Wildman–Crippen MR) is 74.4 cm³/mol. The van der Waals surface area contributed by atoms with Crippen LogP contribution in [0.15, 0.2) is 24.3 Å². The molecule has 1 amide bonds. The van der Waals surface area contributed by atoms with Crippen LogP contribution in [0.4, 0.5) is 0 Å². The Hall–Kier alpha value is -1.55. The van der Waals surface area contributed by atoms with Gasteiger partial charge < -0.3 is 10.4 Å². The van der Waals surface area contributed by atoms with Crippen molar-refractivity contribution in [3.63, 3.8) is 0 Å². The minimum Gasteiger partial charge on any atom is -0.481 e. The Balaban J connectivity index is 2.35. The minimum atomic E-state index is -0.807. The van der Waals surface area contributed by atoms with Gasteiger partial charge in [0.05, 0.1) is 5.92 Å². The number of benzene rings is 1. The zero-order chi connectivity index (χ0) is 14.3. The number of aliphatic carboxylic acids is 1. The Bertz CT molecular complexity index is 448. The Morgan fingerprint density at radius 3 is 2.74 bits per heavy atom. The van der Waals surface area contributed by atoms with Crippen LogP contribution in [0.2, 0.25) is 5.02 Å². The molecular formula is C14H18ClNO3. The molecule has 0 fully saturated rings. The smallest absolute Gasteiger partial charge is 0.303 e. The lowest BCUT2D eigenvalue weighted by molar-refractivity contribution is -0.137. The van der Waals surface area contributed by atoms with Crippen LogP contribution < -0.4 is 5.32 Å². The average molecular weight is 284 g/mol. The second-order valence-electron chi connectivity index (χ2n) is 4.42. The van der Waals surface area contributed by atoms with Gasteiger partial charge in [-0.2, -0.15) is 0 Å². The van der Waals surface area contributed by atoms with Crippen LogP contribution >= 0.6 is 11.6 Å². The van der Waals surface area contributed by atoms with Crippen molar-refractivity contribution in [2.75, 3.05) is 6.54 Å². The van der Waals surface area contributed by atoms with Crippen LogP contribution in [0.25, 0.3) is 0 Å². The van der Waals surface area contributed by atoms with E-state index in [9.17, 15) is 9.59 Å². The lowest BCUT2D eigenvalue weighted by Gasteiger charge is -2.12. The Morgan fingerprint density at radius 2 is 2.11 bits per heavy atom. The van der Waals surface area contributed by atoms with E-state index in [0.29, 0.717) is 24.4 Å². The number of nitrogens with one attached hydrogen (secondary N) is 1. The van der Waals surface area contributed by atoms with Gasteiger partial charge >= 0.3 is 5.97 Å². The predicted octanol–water partition coefficient (Wildman–Crippen LogP) is 2.81. The van der Waals surface area contributed by atoms with E-state index in [1.165, 1.54) is 0 Å². The highest BCUT2D eigenvalue weighted by Gasteiger charge is 2.14. The van der Waals surface area contributed by atoms with Crippen LogP contribution in [0.1, 0.15) is 37.7 Å². The first-order chi connectivity index (χ1) is 9.00. The largest absolute Gasteiger partial charge is 0.481 e. The summed E-state index contributed by atoms with van der Waals surface area (Å²) in [6.07, 6.45) is 1.38. The van der Waals surface area contributed by atoms with E-state index >= 15 is 0 Å². The summed E-state index contributed by atoms with van der Waals surface area (Å²) in [5.41, 5.74) is 0.871. The number of carbonyl (C=O) groups is 2. The normalized spacial score (nSPS) is 11.9. The maximum absolute atomic E-state index is 11.9. The summed E-state index contributed by atoms with van der Waals surface area (Å²) in [5.74, 6) is -1.14. The average Bonchev–Trinajstić information content (AvgIpc) is 2.36. The number of carboxylic acid groups (broad SMARTS) is 1. The van der Waals surface area contributed by atoms with Gasteiger partial charge in [0.2, 0.25) is 5.91 Å². The van der Waals surface area contributed by atoms with Gasteiger partial charge in [0.15, 0.2) is 0 Å². The van der Waals surface area contributed by atoms with Crippen LogP contribution in [0.3, 0.4) is 0 Å². The maximum Gasteiger partial charge on any atom is 0.303 e. The van der Waals surface area contributed by atoms with Gasteiger partial charge in [0, 0.05) is 18.0 Å². The number of halogens is 1. The third kappa shape index (κ3) is 5.75. The van der Waals surface area contributed by atoms with Crippen LogP contribution in [0.5, 0.6) is 0 Å².